The quantitative estimate of drug-likeness (QED) is 0.126. The highest BCUT2D eigenvalue weighted by Crippen LogP contribution is 2.38. The van der Waals surface area contributed by atoms with Gasteiger partial charge in [-0.25, -0.2) is 4.79 Å². The number of hydrogen-bond acceptors (Lipinski definition) is 5. The molecular formula is C34H37N2O5+. The highest BCUT2D eigenvalue weighted by atomic mass is 16.5. The van der Waals surface area contributed by atoms with Crippen LogP contribution in [0.4, 0.5) is 5.69 Å². The summed E-state index contributed by atoms with van der Waals surface area (Å²) in [4.78, 5) is 25.7. The van der Waals surface area contributed by atoms with Crippen molar-refractivity contribution in [1.82, 2.24) is 9.05 Å². The highest BCUT2D eigenvalue weighted by Gasteiger charge is 2.32. The normalized spacial score (nSPS) is 16.9. The first-order valence-electron chi connectivity index (χ1n) is 14.0. The number of quaternary nitrogens is 1. The summed E-state index contributed by atoms with van der Waals surface area (Å²) in [7, 11) is 6.32. The van der Waals surface area contributed by atoms with Gasteiger partial charge in [0, 0.05) is 23.4 Å². The van der Waals surface area contributed by atoms with Crippen molar-refractivity contribution in [1.29, 1.82) is 0 Å². The number of carbonyl (C=O) groups is 2. The van der Waals surface area contributed by atoms with Gasteiger partial charge in [0.2, 0.25) is 0 Å². The minimum atomic E-state index is -0.472. The minimum absolute atomic E-state index is 0.0161. The molecule has 3 aromatic carbocycles. The Morgan fingerprint density at radius 2 is 1.71 bits per heavy atom. The Kier molecular flexibility index (Phi) is 8.26. The molecule has 4 aromatic rings. The Hall–Kier alpha value is -4.36. The van der Waals surface area contributed by atoms with Crippen molar-refractivity contribution < 1.29 is 23.8 Å². The molecule has 1 fully saturated rings. The van der Waals surface area contributed by atoms with Crippen LogP contribution in [-0.4, -0.2) is 43.8 Å². The van der Waals surface area contributed by atoms with Crippen LogP contribution in [0.5, 0.6) is 5.75 Å². The largest absolute Gasteiger partial charge is 0.489 e. The first-order chi connectivity index (χ1) is 19.7. The topological polar surface area (TPSA) is 66.8 Å². The fourth-order valence-electron chi connectivity index (χ4n) is 5.45. The van der Waals surface area contributed by atoms with Gasteiger partial charge in [-0.05, 0) is 60.4 Å². The summed E-state index contributed by atoms with van der Waals surface area (Å²) in [6, 6.07) is 25.7. The van der Waals surface area contributed by atoms with Crippen molar-refractivity contribution >= 4 is 28.5 Å². The molecule has 0 spiro atoms. The molecule has 7 heteroatoms. The van der Waals surface area contributed by atoms with Crippen molar-refractivity contribution in [3.8, 4) is 5.75 Å². The van der Waals surface area contributed by atoms with E-state index < -0.39 is 5.97 Å². The van der Waals surface area contributed by atoms with E-state index in [-0.39, 0.29) is 24.5 Å². The third-order valence-electron chi connectivity index (χ3n) is 7.54. The molecule has 1 saturated carbocycles. The fourth-order valence-corrected chi connectivity index (χ4v) is 5.45. The maximum absolute atomic E-state index is 12.9. The first kappa shape index (κ1) is 28.2. The van der Waals surface area contributed by atoms with Gasteiger partial charge in [-0.2, -0.15) is 0 Å². The van der Waals surface area contributed by atoms with Crippen LogP contribution in [0.2, 0.25) is 0 Å². The lowest BCUT2D eigenvalue weighted by Gasteiger charge is -2.23. The number of aromatic nitrogens is 1. The van der Waals surface area contributed by atoms with E-state index >= 15 is 0 Å². The molecule has 2 atom stereocenters. The smallest absolute Gasteiger partial charge is 0.359 e. The van der Waals surface area contributed by atoms with Gasteiger partial charge in [0.05, 0.1) is 33.8 Å². The Bertz CT molecular complexity index is 1530. The van der Waals surface area contributed by atoms with Gasteiger partial charge in [-0.15, -0.1) is 0 Å². The number of benzene rings is 3. The zero-order chi connectivity index (χ0) is 29.0. The maximum Gasteiger partial charge on any atom is 0.359 e. The van der Waals surface area contributed by atoms with E-state index in [2.05, 4.69) is 27.7 Å². The third kappa shape index (κ3) is 6.69. The van der Waals surface area contributed by atoms with Crippen LogP contribution in [0.15, 0.2) is 91.7 Å². The molecule has 1 aliphatic rings. The Morgan fingerprint density at radius 1 is 0.951 bits per heavy atom. The molecule has 0 bridgehead atoms. The summed E-state index contributed by atoms with van der Waals surface area (Å²) < 4.78 is 19.8. The van der Waals surface area contributed by atoms with Gasteiger partial charge in [0.1, 0.15) is 29.8 Å². The second-order valence-corrected chi connectivity index (χ2v) is 11.4. The zero-order valence-corrected chi connectivity index (χ0v) is 23.9. The summed E-state index contributed by atoms with van der Waals surface area (Å²) in [6.07, 6.45) is 3.29. The van der Waals surface area contributed by atoms with Gasteiger partial charge in [-0.1, -0.05) is 49.0 Å². The molecule has 1 aliphatic carbocycles. The summed E-state index contributed by atoms with van der Waals surface area (Å²) in [6.45, 7) is 3.99. The van der Waals surface area contributed by atoms with E-state index in [0.717, 1.165) is 46.9 Å². The molecule has 2 unspecified atom stereocenters. The second kappa shape index (κ2) is 12.0. The lowest BCUT2D eigenvalue weighted by Crippen LogP contribution is -2.34. The molecule has 7 nitrogen and oxygen atoms in total. The van der Waals surface area contributed by atoms with Crippen LogP contribution in [-0.2, 0) is 27.3 Å². The Labute approximate surface area is 241 Å². The van der Waals surface area contributed by atoms with Crippen LogP contribution in [0, 0.1) is 0 Å². The fraction of sp³-hybridized carbons (Fsp3) is 0.294. The van der Waals surface area contributed by atoms with Gasteiger partial charge < -0.3 is 18.8 Å². The maximum atomic E-state index is 12.9. The van der Waals surface area contributed by atoms with E-state index in [4.69, 9.17) is 14.2 Å². The molecule has 0 radical (unpaired) electrons. The molecule has 0 amide bonds. The van der Waals surface area contributed by atoms with Crippen LogP contribution >= 0.6 is 0 Å². The predicted molar refractivity (Wildman–Crippen MR) is 161 cm³/mol. The van der Waals surface area contributed by atoms with E-state index in [0.29, 0.717) is 23.2 Å². The SMILES string of the molecule is C=COC(=O)c1cc2cc(OCc3ccccc3)ccc2n1C1CCC(OC(=O)Cc2ccc([N+](C)(C)C)cc2)C1. The minimum Gasteiger partial charge on any atom is -0.489 e. The number of esters is 2. The number of fused-ring (bicyclic) bond motifs is 1. The summed E-state index contributed by atoms with van der Waals surface area (Å²) in [5, 5.41) is 0.879. The average molecular weight is 554 g/mol. The molecule has 5 rings (SSSR count). The van der Waals surface area contributed by atoms with Crippen LogP contribution in [0.3, 0.4) is 0 Å². The van der Waals surface area contributed by atoms with E-state index in [1.165, 1.54) is 5.69 Å². The molecule has 0 aliphatic heterocycles. The van der Waals surface area contributed by atoms with Crippen molar-refractivity contribution in [2.75, 3.05) is 21.1 Å². The number of hydrogen-bond donors (Lipinski definition) is 0. The molecule has 0 saturated heterocycles. The lowest BCUT2D eigenvalue weighted by atomic mass is 10.1. The zero-order valence-electron chi connectivity index (χ0n) is 23.9. The molecule has 0 N–H and O–H groups in total. The molecule has 1 aromatic heterocycles. The van der Waals surface area contributed by atoms with Crippen LogP contribution in [0.1, 0.15) is 46.9 Å². The Morgan fingerprint density at radius 3 is 2.41 bits per heavy atom. The predicted octanol–water partition coefficient (Wildman–Crippen LogP) is 6.60. The average Bonchev–Trinajstić information content (AvgIpc) is 3.56. The van der Waals surface area contributed by atoms with Gasteiger partial charge in [0.15, 0.2) is 0 Å². The monoisotopic (exact) mass is 553 g/mol. The standard InChI is InChI=1S/C34H37N2O5/c1-5-39-34(38)32-21-26-20-29(40-23-25-9-7-6-8-10-25)17-18-31(26)35(32)27-13-16-30(22-27)41-33(37)19-24-11-14-28(15-12-24)36(2,3)4/h5-12,14-15,17-18,20-21,27,30H,1,13,16,19,22-23H2,2-4H3/q+1. The van der Waals surface area contributed by atoms with Crippen LogP contribution in [0.25, 0.3) is 10.9 Å². The first-order valence-corrected chi connectivity index (χ1v) is 14.0. The number of ether oxygens (including phenoxy) is 3. The number of nitrogens with zero attached hydrogens (tertiary/aromatic N) is 2. The summed E-state index contributed by atoms with van der Waals surface area (Å²) >= 11 is 0. The van der Waals surface area contributed by atoms with Crippen molar-refractivity contribution in [3.63, 3.8) is 0 Å². The van der Waals surface area contributed by atoms with Gasteiger partial charge in [0.25, 0.3) is 0 Å². The Balaban J connectivity index is 1.29. The summed E-state index contributed by atoms with van der Waals surface area (Å²) in [5.74, 6) is 0.00748. The van der Waals surface area contributed by atoms with E-state index in [1.807, 2.05) is 83.4 Å². The third-order valence-corrected chi connectivity index (χ3v) is 7.54. The second-order valence-electron chi connectivity index (χ2n) is 11.4. The molecule has 1 heterocycles. The lowest BCUT2D eigenvalue weighted by molar-refractivity contribution is -0.148. The highest BCUT2D eigenvalue weighted by molar-refractivity contribution is 5.96. The van der Waals surface area contributed by atoms with Crippen molar-refractivity contribution in [2.45, 2.75) is 44.4 Å². The van der Waals surface area contributed by atoms with E-state index in [9.17, 15) is 9.59 Å². The molecule has 41 heavy (non-hydrogen) atoms. The van der Waals surface area contributed by atoms with Gasteiger partial charge >= 0.3 is 11.9 Å². The van der Waals surface area contributed by atoms with E-state index in [1.54, 1.807) is 0 Å². The van der Waals surface area contributed by atoms with Crippen molar-refractivity contribution in [2.24, 2.45) is 0 Å². The number of carbonyl (C=O) groups excluding carboxylic acids is 2. The molecular weight excluding hydrogens is 516 g/mol. The van der Waals surface area contributed by atoms with Crippen molar-refractivity contribution in [3.05, 3.63) is 109 Å². The van der Waals surface area contributed by atoms with Crippen LogP contribution < -0.4 is 9.22 Å². The number of rotatable bonds is 10. The van der Waals surface area contributed by atoms with Gasteiger partial charge in [-0.3, -0.25) is 9.28 Å². The summed E-state index contributed by atoms with van der Waals surface area (Å²) in [5.41, 5.74) is 4.52. The molecule has 212 valence electrons.